The maximum absolute atomic E-state index is 11.3. The zero-order chi connectivity index (χ0) is 10.3. The summed E-state index contributed by atoms with van der Waals surface area (Å²) in [6.45, 7) is 1.77. The molecule has 1 spiro atoms. The molecule has 1 aliphatic heterocycles. The fraction of sp³-hybridized carbons (Fsp3) is 0.333. The smallest absolute Gasteiger partial charge is 0.254 e. The molecule has 2 N–H and O–H groups in total. The third-order valence-corrected chi connectivity index (χ3v) is 2.75. The van der Waals surface area contributed by atoms with Gasteiger partial charge in [-0.3, -0.25) is 9.59 Å². The molecule has 1 unspecified atom stereocenters. The molecule has 0 aromatic heterocycles. The Bertz CT molecular complexity index is 343. The molecular formula is C9H10N2O3. The highest BCUT2D eigenvalue weighted by atomic mass is 16.8. The summed E-state index contributed by atoms with van der Waals surface area (Å²) in [7, 11) is 0. The predicted molar refractivity (Wildman–Crippen MR) is 47.3 cm³/mol. The quantitative estimate of drug-likeness (QED) is 0.459. The first-order valence-electron chi connectivity index (χ1n) is 4.25. The van der Waals surface area contributed by atoms with Crippen molar-refractivity contribution in [2.75, 3.05) is 0 Å². The van der Waals surface area contributed by atoms with Crippen LogP contribution in [-0.2, 0) is 14.5 Å². The molecule has 1 saturated heterocycles. The van der Waals surface area contributed by atoms with Gasteiger partial charge >= 0.3 is 0 Å². The second-order valence-corrected chi connectivity index (χ2v) is 3.42. The zero-order valence-electron chi connectivity index (χ0n) is 7.64. The van der Waals surface area contributed by atoms with E-state index in [0.29, 0.717) is 0 Å². The molecule has 1 heterocycles. The highest BCUT2D eigenvalue weighted by Gasteiger charge is 2.57. The number of nitrogens with two attached hydrogens (primary N) is 1. The van der Waals surface area contributed by atoms with Crippen molar-refractivity contribution in [3.8, 4) is 0 Å². The van der Waals surface area contributed by atoms with E-state index < -0.39 is 5.54 Å². The van der Waals surface area contributed by atoms with Crippen LogP contribution >= 0.6 is 0 Å². The van der Waals surface area contributed by atoms with E-state index in [-0.39, 0.29) is 17.6 Å². The van der Waals surface area contributed by atoms with Gasteiger partial charge in [-0.15, -0.1) is 0 Å². The summed E-state index contributed by atoms with van der Waals surface area (Å²) in [5.74, 6) is 4.45. The van der Waals surface area contributed by atoms with Crippen LogP contribution in [0.4, 0.5) is 0 Å². The Morgan fingerprint density at radius 1 is 1.43 bits per heavy atom. The maximum atomic E-state index is 11.3. The Labute approximate surface area is 80.7 Å². The van der Waals surface area contributed by atoms with Gasteiger partial charge in [0, 0.05) is 0 Å². The summed E-state index contributed by atoms with van der Waals surface area (Å²) in [4.78, 5) is 26.7. The molecule has 0 saturated carbocycles. The van der Waals surface area contributed by atoms with Crippen LogP contribution in [0.25, 0.3) is 0 Å². The molecule has 5 heteroatoms. The second kappa shape index (κ2) is 2.76. The molecule has 2 rings (SSSR count). The topological polar surface area (TPSA) is 72.6 Å². The number of allylic oxidation sites excluding steroid dienone is 2. The van der Waals surface area contributed by atoms with E-state index in [9.17, 15) is 9.59 Å². The number of hydrogen-bond donors (Lipinski definition) is 1. The number of rotatable bonds is 1. The number of hydrogen-bond acceptors (Lipinski definition) is 4. The summed E-state index contributed by atoms with van der Waals surface area (Å²) in [5, 5.41) is 1.07. The van der Waals surface area contributed by atoms with Gasteiger partial charge in [0.2, 0.25) is 0 Å². The average molecular weight is 194 g/mol. The minimum Gasteiger partial charge on any atom is -0.290 e. The van der Waals surface area contributed by atoms with Crippen molar-refractivity contribution < 1.29 is 14.5 Å². The minimum atomic E-state index is -0.667. The Kier molecular flexibility index (Phi) is 1.80. The van der Waals surface area contributed by atoms with E-state index in [0.717, 1.165) is 5.06 Å². The van der Waals surface area contributed by atoms with Crippen LogP contribution in [0.15, 0.2) is 24.3 Å². The standard InChI is InChI=1S/C9H10N2O3/c1-6-8(13)11(14-10)9(6)4-2-7(12)3-5-9/h2-6H,10H2,1H3. The van der Waals surface area contributed by atoms with E-state index in [1.54, 1.807) is 19.1 Å². The SMILES string of the molecule is CC1C(=O)N(ON)C12C=CC(=O)C=C2. The summed E-state index contributed by atoms with van der Waals surface area (Å²) in [6.07, 6.45) is 6.09. The summed E-state index contributed by atoms with van der Waals surface area (Å²) >= 11 is 0. The van der Waals surface area contributed by atoms with Crippen LogP contribution < -0.4 is 5.90 Å². The van der Waals surface area contributed by atoms with Gasteiger partial charge in [-0.1, -0.05) is 6.92 Å². The van der Waals surface area contributed by atoms with Crippen molar-refractivity contribution in [3.05, 3.63) is 24.3 Å². The molecule has 1 atom stereocenters. The second-order valence-electron chi connectivity index (χ2n) is 3.42. The zero-order valence-corrected chi connectivity index (χ0v) is 7.64. The Balaban J connectivity index is 2.33. The van der Waals surface area contributed by atoms with Crippen molar-refractivity contribution in [1.29, 1.82) is 0 Å². The Hall–Kier alpha value is -1.46. The minimum absolute atomic E-state index is 0.0980. The number of carbonyl (C=O) groups excluding carboxylic acids is 2. The molecule has 0 aromatic rings. The first kappa shape index (κ1) is 9.11. The normalized spacial score (nSPS) is 28.4. The van der Waals surface area contributed by atoms with Crippen LogP contribution in [0, 0.1) is 5.92 Å². The average Bonchev–Trinajstić information content (AvgIpc) is 2.21. The molecule has 1 aliphatic carbocycles. The van der Waals surface area contributed by atoms with Crippen LogP contribution in [-0.4, -0.2) is 22.3 Å². The van der Waals surface area contributed by atoms with E-state index in [2.05, 4.69) is 4.94 Å². The van der Waals surface area contributed by atoms with Crippen LogP contribution in [0.5, 0.6) is 0 Å². The Morgan fingerprint density at radius 3 is 2.50 bits per heavy atom. The largest absolute Gasteiger partial charge is 0.290 e. The van der Waals surface area contributed by atoms with Gasteiger partial charge in [-0.25, -0.2) is 0 Å². The fourth-order valence-electron chi connectivity index (χ4n) is 1.78. The fourth-order valence-corrected chi connectivity index (χ4v) is 1.78. The van der Waals surface area contributed by atoms with Gasteiger partial charge in [0.1, 0.15) is 5.54 Å². The lowest BCUT2D eigenvalue weighted by atomic mass is 9.74. The first-order chi connectivity index (χ1) is 6.62. The first-order valence-corrected chi connectivity index (χ1v) is 4.25. The molecule has 0 aromatic carbocycles. The summed E-state index contributed by atoms with van der Waals surface area (Å²) in [5.41, 5.74) is -0.667. The molecule has 0 radical (unpaired) electrons. The molecule has 2 aliphatic rings. The van der Waals surface area contributed by atoms with Gasteiger partial charge in [-0.05, 0) is 24.3 Å². The number of amides is 1. The van der Waals surface area contributed by atoms with Crippen LogP contribution in [0.2, 0.25) is 0 Å². The molecule has 1 fully saturated rings. The monoisotopic (exact) mass is 194 g/mol. The number of ketones is 1. The van der Waals surface area contributed by atoms with E-state index in [4.69, 9.17) is 5.90 Å². The lowest BCUT2D eigenvalue weighted by molar-refractivity contribution is -0.254. The number of hydroxylamine groups is 2. The Morgan fingerprint density at radius 2 is 2.00 bits per heavy atom. The van der Waals surface area contributed by atoms with E-state index >= 15 is 0 Å². The van der Waals surface area contributed by atoms with Crippen LogP contribution in [0.3, 0.4) is 0 Å². The highest BCUT2D eigenvalue weighted by Crippen LogP contribution is 2.41. The molecule has 74 valence electrons. The van der Waals surface area contributed by atoms with Gasteiger partial charge in [0.25, 0.3) is 5.91 Å². The highest BCUT2D eigenvalue weighted by molar-refractivity contribution is 6.02. The molecule has 0 bridgehead atoms. The van der Waals surface area contributed by atoms with Crippen molar-refractivity contribution in [2.45, 2.75) is 12.5 Å². The van der Waals surface area contributed by atoms with Crippen molar-refractivity contribution >= 4 is 11.7 Å². The number of carbonyl (C=O) groups is 2. The molecule has 14 heavy (non-hydrogen) atoms. The summed E-state index contributed by atoms with van der Waals surface area (Å²) in [6, 6.07) is 0. The number of nitrogens with zero attached hydrogens (tertiary/aromatic N) is 1. The summed E-state index contributed by atoms with van der Waals surface area (Å²) < 4.78 is 0. The lowest BCUT2D eigenvalue weighted by Crippen LogP contribution is -2.68. The van der Waals surface area contributed by atoms with Gasteiger partial charge in [-0.2, -0.15) is 15.9 Å². The van der Waals surface area contributed by atoms with Crippen molar-refractivity contribution in [3.63, 3.8) is 0 Å². The van der Waals surface area contributed by atoms with Gasteiger partial charge < -0.3 is 0 Å². The molecular weight excluding hydrogens is 184 g/mol. The molecule has 5 nitrogen and oxygen atoms in total. The number of β-lactam (4-membered cyclic amide) rings is 1. The van der Waals surface area contributed by atoms with Gasteiger partial charge in [0.15, 0.2) is 5.78 Å². The van der Waals surface area contributed by atoms with E-state index in [1.807, 2.05) is 0 Å². The molecule has 1 amide bonds. The van der Waals surface area contributed by atoms with Gasteiger partial charge in [0.05, 0.1) is 5.92 Å². The van der Waals surface area contributed by atoms with E-state index in [1.165, 1.54) is 12.2 Å². The third-order valence-electron chi connectivity index (χ3n) is 2.75. The maximum Gasteiger partial charge on any atom is 0.254 e. The van der Waals surface area contributed by atoms with Crippen molar-refractivity contribution in [1.82, 2.24) is 5.06 Å². The van der Waals surface area contributed by atoms with Crippen molar-refractivity contribution in [2.24, 2.45) is 11.8 Å². The third kappa shape index (κ3) is 0.906. The van der Waals surface area contributed by atoms with Crippen LogP contribution in [0.1, 0.15) is 6.92 Å². The predicted octanol–water partition coefficient (Wildman–Crippen LogP) is -0.296. The lowest BCUT2D eigenvalue weighted by Gasteiger charge is -2.51.